The molecular formula is C12H12O2. The minimum Gasteiger partial charge on any atom is -0.458 e. The van der Waals surface area contributed by atoms with Gasteiger partial charge in [0.1, 0.15) is 6.61 Å². The van der Waals surface area contributed by atoms with E-state index in [1.807, 2.05) is 6.07 Å². The first-order chi connectivity index (χ1) is 6.66. The van der Waals surface area contributed by atoms with Gasteiger partial charge in [0.15, 0.2) is 0 Å². The highest BCUT2D eigenvalue weighted by molar-refractivity contribution is 5.95. The number of hydrogen-bond acceptors (Lipinski definition) is 2. The maximum absolute atomic E-state index is 10.9. The Morgan fingerprint density at radius 1 is 1.21 bits per heavy atom. The summed E-state index contributed by atoms with van der Waals surface area (Å²) in [5, 5.41) is 0. The van der Waals surface area contributed by atoms with Crippen LogP contribution in [0.2, 0.25) is 0 Å². The summed E-state index contributed by atoms with van der Waals surface area (Å²) in [4.78, 5) is 10.9. The zero-order valence-electron chi connectivity index (χ0n) is 8.33. The molecule has 0 fully saturated rings. The monoisotopic (exact) mass is 188 g/mol. The van der Waals surface area contributed by atoms with Crippen LogP contribution in [0.15, 0.2) is 24.3 Å². The van der Waals surface area contributed by atoms with E-state index in [0.29, 0.717) is 6.61 Å². The van der Waals surface area contributed by atoms with Gasteiger partial charge in [0, 0.05) is 11.6 Å². The van der Waals surface area contributed by atoms with Gasteiger partial charge in [-0.2, -0.15) is 0 Å². The lowest BCUT2D eigenvalue weighted by Gasteiger charge is -2.04. The third-order valence-corrected chi connectivity index (χ3v) is 2.54. The Hall–Kier alpha value is -1.57. The first kappa shape index (κ1) is 9.00. The largest absolute Gasteiger partial charge is 0.458 e. The molecule has 2 rings (SSSR count). The predicted molar refractivity (Wildman–Crippen MR) is 54.9 cm³/mol. The summed E-state index contributed by atoms with van der Waals surface area (Å²) in [5.41, 5.74) is 4.55. The predicted octanol–water partition coefficient (Wildman–Crippen LogP) is 2.24. The van der Waals surface area contributed by atoms with E-state index in [1.165, 1.54) is 11.1 Å². The molecule has 0 saturated heterocycles. The number of carbonyl (C=O) groups is 1. The van der Waals surface area contributed by atoms with Crippen LogP contribution >= 0.6 is 0 Å². The van der Waals surface area contributed by atoms with E-state index < -0.39 is 0 Å². The standard InChI is InChI=1S/C12H12O2/c1-8-3-4-10(5-9(8)2)11-6-12(13)14-7-11/h3-6H,7H2,1-2H3. The molecule has 0 saturated carbocycles. The fourth-order valence-electron chi connectivity index (χ4n) is 1.48. The molecule has 0 radical (unpaired) electrons. The van der Waals surface area contributed by atoms with Crippen molar-refractivity contribution in [3.8, 4) is 0 Å². The maximum Gasteiger partial charge on any atom is 0.331 e. The van der Waals surface area contributed by atoms with Gasteiger partial charge in [-0.1, -0.05) is 18.2 Å². The summed E-state index contributed by atoms with van der Waals surface area (Å²) in [6, 6.07) is 6.17. The molecule has 1 heterocycles. The van der Waals surface area contributed by atoms with E-state index in [0.717, 1.165) is 11.1 Å². The molecule has 0 aromatic heterocycles. The molecule has 0 spiro atoms. The first-order valence-electron chi connectivity index (χ1n) is 4.62. The Morgan fingerprint density at radius 3 is 2.57 bits per heavy atom. The van der Waals surface area contributed by atoms with Gasteiger partial charge in [0.05, 0.1) is 0 Å². The van der Waals surface area contributed by atoms with Crippen LogP contribution in [0.3, 0.4) is 0 Å². The normalized spacial score (nSPS) is 15.3. The van der Waals surface area contributed by atoms with Crippen LogP contribution in [-0.2, 0) is 9.53 Å². The van der Waals surface area contributed by atoms with Crippen LogP contribution in [0.1, 0.15) is 16.7 Å². The molecule has 14 heavy (non-hydrogen) atoms. The van der Waals surface area contributed by atoms with E-state index in [4.69, 9.17) is 4.74 Å². The quantitative estimate of drug-likeness (QED) is 0.632. The van der Waals surface area contributed by atoms with Crippen molar-refractivity contribution in [3.05, 3.63) is 41.0 Å². The third kappa shape index (κ3) is 1.55. The van der Waals surface area contributed by atoms with Crippen molar-refractivity contribution in [1.82, 2.24) is 0 Å². The fraction of sp³-hybridized carbons (Fsp3) is 0.250. The fourth-order valence-corrected chi connectivity index (χ4v) is 1.48. The van der Waals surface area contributed by atoms with E-state index in [-0.39, 0.29) is 5.97 Å². The van der Waals surface area contributed by atoms with Gasteiger partial charge >= 0.3 is 5.97 Å². The second-order valence-electron chi connectivity index (χ2n) is 3.58. The van der Waals surface area contributed by atoms with Crippen LogP contribution in [-0.4, -0.2) is 12.6 Å². The summed E-state index contributed by atoms with van der Waals surface area (Å²) in [6.45, 7) is 4.54. The van der Waals surface area contributed by atoms with Gasteiger partial charge in [-0.3, -0.25) is 0 Å². The van der Waals surface area contributed by atoms with Gasteiger partial charge < -0.3 is 4.74 Å². The van der Waals surface area contributed by atoms with E-state index >= 15 is 0 Å². The summed E-state index contributed by atoms with van der Waals surface area (Å²) in [5.74, 6) is -0.238. The molecule has 0 bridgehead atoms. The average molecular weight is 188 g/mol. The molecule has 0 N–H and O–H groups in total. The van der Waals surface area contributed by atoms with Crippen molar-refractivity contribution < 1.29 is 9.53 Å². The van der Waals surface area contributed by atoms with Crippen molar-refractivity contribution in [2.75, 3.05) is 6.61 Å². The summed E-state index contributed by atoms with van der Waals surface area (Å²) in [7, 11) is 0. The van der Waals surface area contributed by atoms with Gasteiger partial charge in [-0.05, 0) is 30.5 Å². The number of ether oxygens (including phenoxy) is 1. The van der Waals surface area contributed by atoms with Crippen molar-refractivity contribution in [1.29, 1.82) is 0 Å². The summed E-state index contributed by atoms with van der Waals surface area (Å²) < 4.78 is 4.86. The highest BCUT2D eigenvalue weighted by Crippen LogP contribution is 2.21. The lowest BCUT2D eigenvalue weighted by Crippen LogP contribution is -1.92. The topological polar surface area (TPSA) is 26.3 Å². The van der Waals surface area contributed by atoms with Gasteiger partial charge in [-0.15, -0.1) is 0 Å². The molecule has 72 valence electrons. The number of aryl methyl sites for hydroxylation is 2. The van der Waals surface area contributed by atoms with Gasteiger partial charge in [-0.25, -0.2) is 4.79 Å². The molecule has 0 unspecified atom stereocenters. The minimum absolute atomic E-state index is 0.238. The lowest BCUT2D eigenvalue weighted by atomic mass is 10.0. The van der Waals surface area contributed by atoms with E-state index in [1.54, 1.807) is 6.08 Å². The van der Waals surface area contributed by atoms with Crippen LogP contribution in [0.4, 0.5) is 0 Å². The Kier molecular flexibility index (Phi) is 2.12. The SMILES string of the molecule is Cc1ccc(C2=CC(=O)OC2)cc1C. The molecule has 1 aliphatic heterocycles. The summed E-state index contributed by atoms with van der Waals surface area (Å²) >= 11 is 0. The van der Waals surface area contributed by atoms with Crippen LogP contribution in [0, 0.1) is 13.8 Å². The number of benzene rings is 1. The second kappa shape index (κ2) is 3.29. The molecule has 0 aliphatic carbocycles. The average Bonchev–Trinajstić information content (AvgIpc) is 2.57. The molecule has 1 aliphatic rings. The minimum atomic E-state index is -0.238. The number of cyclic esters (lactones) is 1. The Balaban J connectivity index is 2.38. The van der Waals surface area contributed by atoms with Crippen molar-refractivity contribution >= 4 is 11.5 Å². The van der Waals surface area contributed by atoms with Crippen molar-refractivity contribution in [2.45, 2.75) is 13.8 Å². The molecule has 0 amide bonds. The molecule has 1 aromatic rings. The van der Waals surface area contributed by atoms with Gasteiger partial charge in [0.2, 0.25) is 0 Å². The molecule has 2 nitrogen and oxygen atoms in total. The molecule has 1 aromatic carbocycles. The lowest BCUT2D eigenvalue weighted by molar-refractivity contribution is -0.134. The zero-order chi connectivity index (χ0) is 10.1. The number of rotatable bonds is 1. The first-order valence-corrected chi connectivity index (χ1v) is 4.62. The van der Waals surface area contributed by atoms with E-state index in [2.05, 4.69) is 26.0 Å². The Labute approximate surface area is 83.2 Å². The van der Waals surface area contributed by atoms with Crippen LogP contribution < -0.4 is 0 Å². The van der Waals surface area contributed by atoms with E-state index in [9.17, 15) is 4.79 Å². The van der Waals surface area contributed by atoms with Crippen LogP contribution in [0.25, 0.3) is 5.57 Å². The highest BCUT2D eigenvalue weighted by atomic mass is 16.5. The highest BCUT2D eigenvalue weighted by Gasteiger charge is 2.14. The van der Waals surface area contributed by atoms with Crippen molar-refractivity contribution in [3.63, 3.8) is 0 Å². The molecule has 2 heteroatoms. The smallest absolute Gasteiger partial charge is 0.331 e. The van der Waals surface area contributed by atoms with Crippen LogP contribution in [0.5, 0.6) is 0 Å². The summed E-state index contributed by atoms with van der Waals surface area (Å²) in [6.07, 6.45) is 1.56. The van der Waals surface area contributed by atoms with Gasteiger partial charge in [0.25, 0.3) is 0 Å². The Morgan fingerprint density at radius 2 is 2.00 bits per heavy atom. The molecule has 0 atom stereocenters. The number of carbonyl (C=O) groups excluding carboxylic acids is 1. The maximum atomic E-state index is 10.9. The Bertz CT molecular complexity index is 416. The number of hydrogen-bond donors (Lipinski definition) is 0. The zero-order valence-corrected chi connectivity index (χ0v) is 8.33. The third-order valence-electron chi connectivity index (χ3n) is 2.54. The second-order valence-corrected chi connectivity index (χ2v) is 3.58. The number of esters is 1. The van der Waals surface area contributed by atoms with Crippen molar-refractivity contribution in [2.24, 2.45) is 0 Å². The molecular weight excluding hydrogens is 176 g/mol.